The van der Waals surface area contributed by atoms with Crippen LogP contribution < -0.4 is 0 Å². The van der Waals surface area contributed by atoms with Gasteiger partial charge in [-0.1, -0.05) is 222 Å². The minimum atomic E-state index is -2.46. The van der Waals surface area contributed by atoms with E-state index in [1.807, 2.05) is 168 Å². The maximum atomic E-state index is 14.4. The molecule has 0 amide bonds. The van der Waals surface area contributed by atoms with E-state index in [9.17, 15) is 119 Å². The van der Waals surface area contributed by atoms with Crippen LogP contribution in [0.2, 0.25) is 0 Å². The minimum Gasteiger partial charge on any atom is -0.207 e. The highest BCUT2D eigenvalue weighted by Gasteiger charge is 2.33. The second-order valence-electron chi connectivity index (χ2n) is 30.8. The van der Waals surface area contributed by atoms with Crippen LogP contribution >= 0.6 is 0 Å². The smallest absolute Gasteiger partial charge is 0.198 e. The lowest BCUT2D eigenvalue weighted by atomic mass is 9.96. The fourth-order valence-corrected chi connectivity index (χ4v) is 14.9. The van der Waals surface area contributed by atoms with Crippen LogP contribution in [0.1, 0.15) is 50.1 Å². The van der Waals surface area contributed by atoms with E-state index in [0.29, 0.717) is 43.4 Å². The predicted octanol–water partition coefficient (Wildman–Crippen LogP) is 34.4. The lowest BCUT2D eigenvalue weighted by molar-refractivity contribution is 0.409. The molecule has 0 saturated carbocycles. The first-order valence-corrected chi connectivity index (χ1v) is 40.1. The Hall–Kier alpha value is -14.6. The Labute approximate surface area is 745 Å². The van der Waals surface area contributed by atoms with Crippen molar-refractivity contribution in [2.75, 3.05) is 0 Å². The van der Waals surface area contributed by atoms with Crippen LogP contribution in [0.25, 0.3) is 118 Å². The Balaban J connectivity index is 0.000000137. The van der Waals surface area contributed by atoms with Crippen LogP contribution in [0.5, 0.6) is 0 Å². The summed E-state index contributed by atoms with van der Waals surface area (Å²) in [6.45, 7) is 14.8. The van der Waals surface area contributed by atoms with Gasteiger partial charge in [-0.25, -0.2) is 119 Å². The second-order valence-corrected chi connectivity index (χ2v) is 30.8. The van der Waals surface area contributed by atoms with Gasteiger partial charge in [0.25, 0.3) is 0 Å². The number of aryl methyl sites for hydroxylation is 9. The molecular weight excluding hydrogens is 1800 g/mol. The Morgan fingerprint density at radius 1 is 0.134 bits per heavy atom. The van der Waals surface area contributed by atoms with Gasteiger partial charge < -0.3 is 0 Å². The molecule has 0 aliphatic heterocycles. The summed E-state index contributed by atoms with van der Waals surface area (Å²) in [7, 11) is 0. The summed E-state index contributed by atoms with van der Waals surface area (Å²) in [5.74, 6) is -42.4. The van der Waals surface area contributed by atoms with Gasteiger partial charge in [0.2, 0.25) is 0 Å². The summed E-state index contributed by atoms with van der Waals surface area (Å²) in [4.78, 5) is 0. The third-order valence-corrected chi connectivity index (χ3v) is 21.7. The zero-order valence-corrected chi connectivity index (χ0v) is 71.3. The monoisotopic (exact) mass is 1860 g/mol. The molecule has 20 aromatic carbocycles. The van der Waals surface area contributed by atoms with Crippen molar-refractivity contribution in [1.29, 1.82) is 0 Å². The standard InChI is InChI=1S/C15H3F9.C15H11F.C11H3F7.C11H6F4.C11H8F2.4C11H9F/c1-2-3-4(10(19)13(22)7(2)16)9(18)6-5(8(3)17)11(20)14(23)15(24)12(6)21;1-10-11-6-2-4-8-13(11)15(16)14-9-5-3-7-12(10)14;1-2-3-4(7(14)9(16)5(2)12)8(15)11(18)10(17)6(3)13;1-5-3-2-4-6-7(5)9(13)11(15)10(14)8(6)12;1-7-2-3-10-8(4-7)5-9(12)6-11(10)13;1-8-2-3-10-7-11(12)5-4-9(10)6-8;1-8-2-3-9-4-5-11(12)7-10(9)6-8;1-8-5-6-10-9(7-8)3-2-4-11(10)12;1-8-6-7-9-4-2-3-5-10(9)11(8)12/h1H3;2-9H,1H3;1H3;2-4H,1H3;2-6H,1H3;4*2-7H,1H3. The van der Waals surface area contributed by atoms with Gasteiger partial charge in [-0.3, -0.25) is 0 Å². The van der Waals surface area contributed by atoms with Crippen molar-refractivity contribution in [2.24, 2.45) is 0 Å². The van der Waals surface area contributed by atoms with Gasteiger partial charge in [-0.05, 0) is 175 Å². The number of hydrogen-bond acceptors (Lipinski definition) is 0. The van der Waals surface area contributed by atoms with E-state index in [1.165, 1.54) is 55.0 Å². The van der Waals surface area contributed by atoms with E-state index < -0.39 is 171 Å². The third kappa shape index (κ3) is 20.1. The van der Waals surface area contributed by atoms with Crippen molar-refractivity contribution in [3.8, 4) is 0 Å². The topological polar surface area (TPSA) is 0 Å². The van der Waals surface area contributed by atoms with Crippen molar-refractivity contribution in [3.05, 3.63) is 450 Å². The highest BCUT2D eigenvalue weighted by molar-refractivity contribution is 6.04. The van der Waals surface area contributed by atoms with E-state index >= 15 is 0 Å². The van der Waals surface area contributed by atoms with Gasteiger partial charge >= 0.3 is 0 Å². The van der Waals surface area contributed by atoms with Gasteiger partial charge in [-0.2, -0.15) is 0 Å². The molecular formula is C107H67F27. The van der Waals surface area contributed by atoms with Crippen molar-refractivity contribution < 1.29 is 119 Å². The normalized spacial score (nSPS) is 11.0. The first-order chi connectivity index (χ1) is 63.4. The molecule has 0 bridgehead atoms. The first-order valence-electron chi connectivity index (χ1n) is 40.1. The van der Waals surface area contributed by atoms with Gasteiger partial charge in [0, 0.05) is 54.5 Å². The van der Waals surface area contributed by atoms with Crippen molar-refractivity contribution >= 4 is 118 Å². The fraction of sp³-hybridized carbons (Fsp3) is 0.0841. The van der Waals surface area contributed by atoms with Crippen LogP contribution in [0.15, 0.2) is 243 Å². The molecule has 20 aromatic rings. The number of rotatable bonds is 0. The van der Waals surface area contributed by atoms with Crippen LogP contribution in [-0.4, -0.2) is 0 Å². The van der Waals surface area contributed by atoms with Crippen LogP contribution in [0.4, 0.5) is 119 Å². The number of benzene rings is 20. The maximum absolute atomic E-state index is 14.4. The summed E-state index contributed by atoms with van der Waals surface area (Å²) >= 11 is 0. The summed E-state index contributed by atoms with van der Waals surface area (Å²) < 4.78 is 360. The highest BCUT2D eigenvalue weighted by atomic mass is 19.2. The number of halogens is 27. The maximum Gasteiger partial charge on any atom is 0.198 e. The highest BCUT2D eigenvalue weighted by Crippen LogP contribution is 2.42. The molecule has 0 aliphatic carbocycles. The molecule has 0 unspecified atom stereocenters. The Kier molecular flexibility index (Phi) is 30.1. The SMILES string of the molecule is Cc1c(F)c(F)c(F)c2c(F)c(F)c(F)c(F)c12.Cc1c(F)c(F)c(F)c2c(F)c3c(F)c(F)c(F)c(F)c3c(F)c12.Cc1c2ccccc2c(F)c2ccccc12.Cc1ccc2c(F)cc(F)cc2c1.Cc1ccc2c(F)cccc2c1.Cc1ccc2cc(F)ccc2c1.Cc1ccc2ccc(F)cc2c1.Cc1ccc2ccccc2c1F.Cc1cccc2c(F)c(F)c(F)c(F)c12. The average molecular weight is 1870 g/mol. The fourth-order valence-electron chi connectivity index (χ4n) is 14.9. The Morgan fingerprint density at radius 3 is 0.985 bits per heavy atom. The molecule has 0 aromatic heterocycles. The molecule has 134 heavy (non-hydrogen) atoms. The number of fused-ring (bicyclic) bond motifs is 11. The van der Waals surface area contributed by atoms with E-state index in [4.69, 9.17) is 0 Å². The molecule has 0 atom stereocenters. The molecule has 0 N–H and O–H groups in total. The van der Waals surface area contributed by atoms with E-state index in [2.05, 4.69) is 6.07 Å². The van der Waals surface area contributed by atoms with Gasteiger partial charge in [0.1, 0.15) is 52.4 Å². The third-order valence-electron chi connectivity index (χ3n) is 21.7. The molecule has 0 fully saturated rings. The molecule has 20 rings (SSSR count). The molecule has 0 heterocycles. The summed E-state index contributed by atoms with van der Waals surface area (Å²) in [5, 5.41) is 2.63. The number of hydrogen-bond donors (Lipinski definition) is 0. The van der Waals surface area contributed by atoms with Gasteiger partial charge in [0.15, 0.2) is 105 Å². The molecule has 0 saturated heterocycles. The molecule has 0 spiro atoms. The van der Waals surface area contributed by atoms with Crippen molar-refractivity contribution in [1.82, 2.24) is 0 Å². The Morgan fingerprint density at radius 2 is 0.463 bits per heavy atom. The van der Waals surface area contributed by atoms with Gasteiger partial charge in [0.05, 0.1) is 21.5 Å². The van der Waals surface area contributed by atoms with Crippen LogP contribution in [0.3, 0.4) is 0 Å². The van der Waals surface area contributed by atoms with Crippen LogP contribution in [-0.2, 0) is 0 Å². The van der Waals surface area contributed by atoms with Crippen LogP contribution in [0, 0.1) is 219 Å². The van der Waals surface area contributed by atoms with Crippen molar-refractivity contribution in [2.45, 2.75) is 62.3 Å². The van der Waals surface area contributed by atoms with E-state index in [0.717, 1.165) is 85.3 Å². The lowest BCUT2D eigenvalue weighted by Gasteiger charge is -2.13. The molecule has 0 nitrogen and oxygen atoms in total. The zero-order chi connectivity index (χ0) is 97.8. The largest absolute Gasteiger partial charge is 0.207 e. The Bertz CT molecular complexity index is 7540. The summed E-state index contributed by atoms with van der Waals surface area (Å²) in [6, 6.07) is 70.7. The molecule has 0 radical (unpaired) electrons. The zero-order valence-electron chi connectivity index (χ0n) is 71.3. The quantitative estimate of drug-likeness (QED) is 0.0614. The predicted molar refractivity (Wildman–Crippen MR) is 472 cm³/mol. The summed E-state index contributed by atoms with van der Waals surface area (Å²) in [6.07, 6.45) is 0. The summed E-state index contributed by atoms with van der Waals surface area (Å²) in [5.41, 5.74) is 4.93. The molecule has 27 heteroatoms. The molecule has 0 aliphatic rings. The average Bonchev–Trinajstić information content (AvgIpc) is 0.714. The second kappa shape index (κ2) is 41.0. The first kappa shape index (κ1) is 98.4. The van der Waals surface area contributed by atoms with E-state index in [-0.39, 0.29) is 39.9 Å². The van der Waals surface area contributed by atoms with Crippen molar-refractivity contribution in [3.63, 3.8) is 0 Å². The van der Waals surface area contributed by atoms with Gasteiger partial charge in [-0.15, -0.1) is 0 Å². The lowest BCUT2D eigenvalue weighted by Crippen LogP contribution is -2.07. The minimum absolute atomic E-state index is 0.104. The van der Waals surface area contributed by atoms with E-state index in [1.54, 1.807) is 61.5 Å². The molecule has 684 valence electrons.